The molecule has 0 radical (unpaired) electrons. The van der Waals surface area contributed by atoms with Crippen LogP contribution in [-0.4, -0.2) is 22.0 Å². The molecule has 0 saturated carbocycles. The molecule has 0 aliphatic carbocycles. The standard InChI is InChI=1S/C20H17F2N3O2/c1-12(18-24-14-7-3-4-8-15(14)25(18)20(21)22)11-23-19(26)17-10-13-6-2-5-9-16(13)27-17/h2-10,12,20H,11H2,1H3,(H,23,26)/t12-/m0/s1. The first kappa shape index (κ1) is 17.2. The molecule has 0 fully saturated rings. The Morgan fingerprint density at radius 3 is 2.70 bits per heavy atom. The number of imidazole rings is 1. The average Bonchev–Trinajstić information content (AvgIpc) is 3.27. The third-order valence-corrected chi connectivity index (χ3v) is 4.48. The molecule has 4 rings (SSSR count). The van der Waals surface area contributed by atoms with Gasteiger partial charge in [0.05, 0.1) is 11.0 Å². The molecule has 0 bridgehead atoms. The number of hydrogen-bond donors (Lipinski definition) is 1. The number of carbonyl (C=O) groups excluding carboxylic acids is 1. The van der Waals surface area contributed by atoms with Gasteiger partial charge in [0.25, 0.3) is 5.91 Å². The molecule has 2 heterocycles. The molecule has 7 heteroatoms. The first-order chi connectivity index (χ1) is 13.0. The molecule has 0 unspecified atom stereocenters. The average molecular weight is 369 g/mol. The number of amides is 1. The van der Waals surface area contributed by atoms with Gasteiger partial charge in [-0.3, -0.25) is 9.36 Å². The topological polar surface area (TPSA) is 60.1 Å². The van der Waals surface area contributed by atoms with Gasteiger partial charge in [0.1, 0.15) is 11.4 Å². The van der Waals surface area contributed by atoms with Crippen molar-refractivity contribution < 1.29 is 18.0 Å². The summed E-state index contributed by atoms with van der Waals surface area (Å²) in [7, 11) is 0. The van der Waals surface area contributed by atoms with Crippen LogP contribution in [0.4, 0.5) is 8.78 Å². The van der Waals surface area contributed by atoms with Gasteiger partial charge in [-0.2, -0.15) is 8.78 Å². The zero-order chi connectivity index (χ0) is 19.0. The van der Waals surface area contributed by atoms with E-state index in [1.165, 1.54) is 0 Å². The zero-order valence-electron chi connectivity index (χ0n) is 14.5. The van der Waals surface area contributed by atoms with Crippen molar-refractivity contribution in [3.05, 3.63) is 66.2 Å². The Balaban J connectivity index is 1.54. The van der Waals surface area contributed by atoms with Crippen molar-refractivity contribution >= 4 is 27.9 Å². The van der Waals surface area contributed by atoms with E-state index in [2.05, 4.69) is 10.3 Å². The van der Waals surface area contributed by atoms with E-state index in [4.69, 9.17) is 4.42 Å². The van der Waals surface area contributed by atoms with Crippen LogP contribution in [0.5, 0.6) is 0 Å². The van der Waals surface area contributed by atoms with E-state index in [9.17, 15) is 13.6 Å². The number of carbonyl (C=O) groups is 1. The van der Waals surface area contributed by atoms with Crippen LogP contribution in [-0.2, 0) is 0 Å². The number of para-hydroxylation sites is 3. The first-order valence-electron chi connectivity index (χ1n) is 8.56. The molecule has 27 heavy (non-hydrogen) atoms. The van der Waals surface area contributed by atoms with Crippen LogP contribution in [0.3, 0.4) is 0 Å². The van der Waals surface area contributed by atoms with Gasteiger partial charge in [0.2, 0.25) is 0 Å². The highest BCUT2D eigenvalue weighted by Crippen LogP contribution is 2.27. The lowest BCUT2D eigenvalue weighted by molar-refractivity contribution is 0.0703. The summed E-state index contributed by atoms with van der Waals surface area (Å²) in [5, 5.41) is 3.57. The molecule has 0 aliphatic rings. The molecule has 1 amide bonds. The molecule has 2 aromatic heterocycles. The minimum absolute atomic E-state index is 0.159. The summed E-state index contributed by atoms with van der Waals surface area (Å²) >= 11 is 0. The van der Waals surface area contributed by atoms with Gasteiger partial charge < -0.3 is 9.73 Å². The molecule has 0 spiro atoms. The lowest BCUT2D eigenvalue weighted by atomic mass is 10.1. The highest BCUT2D eigenvalue weighted by Gasteiger charge is 2.22. The van der Waals surface area contributed by atoms with Crippen molar-refractivity contribution in [1.29, 1.82) is 0 Å². The molecule has 1 atom stereocenters. The summed E-state index contributed by atoms with van der Waals surface area (Å²) in [4.78, 5) is 16.7. The SMILES string of the molecule is C[C@@H](CNC(=O)c1cc2ccccc2o1)c1nc2ccccc2n1C(F)F. The van der Waals surface area contributed by atoms with E-state index in [1.54, 1.807) is 43.3 Å². The largest absolute Gasteiger partial charge is 0.451 e. The Labute approximate surface area is 153 Å². The van der Waals surface area contributed by atoms with Gasteiger partial charge in [-0.25, -0.2) is 4.98 Å². The molecule has 2 aromatic carbocycles. The molecule has 5 nitrogen and oxygen atoms in total. The molecule has 0 saturated heterocycles. The van der Waals surface area contributed by atoms with Crippen molar-refractivity contribution in [2.45, 2.75) is 19.4 Å². The molecule has 138 valence electrons. The van der Waals surface area contributed by atoms with Gasteiger partial charge in [0.15, 0.2) is 5.76 Å². The Bertz CT molecular complexity index is 1080. The number of benzene rings is 2. The fourth-order valence-corrected chi connectivity index (χ4v) is 3.13. The maximum absolute atomic E-state index is 13.6. The monoisotopic (exact) mass is 369 g/mol. The molecule has 4 aromatic rings. The Hall–Kier alpha value is -3.22. The van der Waals surface area contributed by atoms with Crippen molar-refractivity contribution in [3.8, 4) is 0 Å². The van der Waals surface area contributed by atoms with Crippen LogP contribution in [0.25, 0.3) is 22.0 Å². The lowest BCUT2D eigenvalue weighted by Gasteiger charge is -2.14. The number of alkyl halides is 2. The summed E-state index contributed by atoms with van der Waals surface area (Å²) in [6, 6.07) is 15.7. The van der Waals surface area contributed by atoms with Crippen molar-refractivity contribution in [1.82, 2.24) is 14.9 Å². The number of furan rings is 1. The van der Waals surface area contributed by atoms with Crippen LogP contribution >= 0.6 is 0 Å². The Morgan fingerprint density at radius 1 is 1.19 bits per heavy atom. The fourth-order valence-electron chi connectivity index (χ4n) is 3.13. The number of halogens is 2. The van der Waals surface area contributed by atoms with Crippen LogP contribution < -0.4 is 5.32 Å². The second kappa shape index (κ2) is 6.83. The second-order valence-electron chi connectivity index (χ2n) is 6.37. The smallest absolute Gasteiger partial charge is 0.320 e. The van der Waals surface area contributed by atoms with Crippen molar-refractivity contribution in [3.63, 3.8) is 0 Å². The predicted molar refractivity (Wildman–Crippen MR) is 97.9 cm³/mol. The van der Waals surface area contributed by atoms with E-state index < -0.39 is 18.4 Å². The van der Waals surface area contributed by atoms with E-state index in [1.807, 2.05) is 18.2 Å². The number of aromatic nitrogens is 2. The maximum atomic E-state index is 13.6. The minimum atomic E-state index is -2.71. The number of nitrogens with zero attached hydrogens (tertiary/aromatic N) is 2. The maximum Gasteiger partial charge on any atom is 0.320 e. The van der Waals surface area contributed by atoms with Crippen LogP contribution in [0.2, 0.25) is 0 Å². The second-order valence-corrected chi connectivity index (χ2v) is 6.37. The predicted octanol–water partition coefficient (Wildman–Crippen LogP) is 4.71. The van der Waals surface area contributed by atoms with Gasteiger partial charge >= 0.3 is 6.55 Å². The normalized spacial score (nSPS) is 12.7. The number of rotatable bonds is 5. The van der Waals surface area contributed by atoms with Crippen LogP contribution in [0.15, 0.2) is 59.0 Å². The Morgan fingerprint density at radius 2 is 1.93 bits per heavy atom. The van der Waals surface area contributed by atoms with Gasteiger partial charge in [0, 0.05) is 17.8 Å². The van der Waals surface area contributed by atoms with Gasteiger partial charge in [-0.15, -0.1) is 0 Å². The molecular formula is C20H17F2N3O2. The van der Waals surface area contributed by atoms with Crippen LogP contribution in [0, 0.1) is 0 Å². The highest BCUT2D eigenvalue weighted by atomic mass is 19.3. The summed E-state index contributed by atoms with van der Waals surface area (Å²) in [5.41, 5.74) is 1.50. The third kappa shape index (κ3) is 3.16. The molecule has 1 N–H and O–H groups in total. The fraction of sp³-hybridized carbons (Fsp3) is 0.200. The zero-order valence-corrected chi connectivity index (χ0v) is 14.5. The molecule has 0 aliphatic heterocycles. The third-order valence-electron chi connectivity index (χ3n) is 4.48. The number of fused-ring (bicyclic) bond motifs is 2. The van der Waals surface area contributed by atoms with E-state index in [0.29, 0.717) is 16.6 Å². The van der Waals surface area contributed by atoms with Gasteiger partial charge in [-0.1, -0.05) is 37.3 Å². The number of hydrogen-bond acceptors (Lipinski definition) is 3. The highest BCUT2D eigenvalue weighted by molar-refractivity contribution is 5.96. The van der Waals surface area contributed by atoms with Gasteiger partial charge in [-0.05, 0) is 24.3 Å². The molecular weight excluding hydrogens is 352 g/mol. The summed E-state index contributed by atoms with van der Waals surface area (Å²) < 4.78 is 33.5. The van der Waals surface area contributed by atoms with Crippen molar-refractivity contribution in [2.75, 3.05) is 6.54 Å². The summed E-state index contributed by atoms with van der Waals surface area (Å²) in [6.45, 7) is -0.800. The number of nitrogens with one attached hydrogen (secondary N) is 1. The van der Waals surface area contributed by atoms with Crippen molar-refractivity contribution in [2.24, 2.45) is 0 Å². The van der Waals surface area contributed by atoms with E-state index in [0.717, 1.165) is 9.95 Å². The summed E-state index contributed by atoms with van der Waals surface area (Å²) in [5.74, 6) is -0.376. The van der Waals surface area contributed by atoms with E-state index in [-0.39, 0.29) is 18.1 Å². The lowest BCUT2D eigenvalue weighted by Crippen LogP contribution is -2.28. The first-order valence-corrected chi connectivity index (χ1v) is 8.56. The minimum Gasteiger partial charge on any atom is -0.451 e. The quantitative estimate of drug-likeness (QED) is 0.554. The summed E-state index contributed by atoms with van der Waals surface area (Å²) in [6.07, 6.45) is 0. The Kier molecular flexibility index (Phi) is 4.35. The van der Waals surface area contributed by atoms with Crippen LogP contribution in [0.1, 0.15) is 35.8 Å². The van der Waals surface area contributed by atoms with E-state index >= 15 is 0 Å².